The van der Waals surface area contributed by atoms with Crippen molar-refractivity contribution in [1.82, 2.24) is 5.32 Å². The van der Waals surface area contributed by atoms with Crippen LogP contribution in [0.25, 0.3) is 6.08 Å². The average Bonchev–Trinajstić information content (AvgIpc) is 2.82. The molecule has 0 saturated carbocycles. The smallest absolute Gasteiger partial charge is 0.339 e. The van der Waals surface area contributed by atoms with Crippen LogP contribution in [0.5, 0.6) is 5.75 Å². The van der Waals surface area contributed by atoms with E-state index in [1.807, 2.05) is 13.8 Å². The Labute approximate surface area is 217 Å². The topological polar surface area (TPSA) is 110 Å². The predicted octanol–water partition coefficient (Wildman–Crippen LogP) is 5.04. The molecule has 0 radical (unpaired) electrons. The van der Waals surface area contributed by atoms with Gasteiger partial charge in [0.15, 0.2) is 5.75 Å². The van der Waals surface area contributed by atoms with Gasteiger partial charge in [0, 0.05) is 0 Å². The first-order valence-electron chi connectivity index (χ1n) is 10.5. The van der Waals surface area contributed by atoms with Gasteiger partial charge in [-0.15, -0.1) is 0 Å². The van der Waals surface area contributed by atoms with Gasteiger partial charge in [0.2, 0.25) is 0 Å². The Kier molecular flexibility index (Phi) is 6.90. The maximum absolute atomic E-state index is 13.1. The Hall–Kier alpha value is -3.66. The lowest BCUT2D eigenvalue weighted by molar-refractivity contribution is -0.122. The summed E-state index contributed by atoms with van der Waals surface area (Å²) in [4.78, 5) is 38.8. The Morgan fingerprint density at radius 1 is 0.889 bits per heavy atom. The number of halogens is 2. The summed E-state index contributed by atoms with van der Waals surface area (Å²) in [6.45, 7) is 3.72. The quantitative estimate of drug-likeness (QED) is 0.273. The zero-order chi connectivity index (χ0) is 26.2. The highest BCUT2D eigenvalue weighted by atomic mass is 35.5. The maximum Gasteiger partial charge on any atom is 0.339 e. The van der Waals surface area contributed by atoms with E-state index in [0.29, 0.717) is 5.69 Å². The van der Waals surface area contributed by atoms with E-state index >= 15 is 0 Å². The number of carbonyl (C=O) groups excluding carboxylic acids is 3. The first-order chi connectivity index (χ1) is 17.0. The third kappa shape index (κ3) is 4.99. The van der Waals surface area contributed by atoms with E-state index in [-0.39, 0.29) is 31.8 Å². The molecule has 1 aliphatic heterocycles. The number of urea groups is 1. The molecule has 0 atom stereocenters. The summed E-state index contributed by atoms with van der Waals surface area (Å²) in [6, 6.07) is 14.1. The van der Waals surface area contributed by atoms with Gasteiger partial charge in [-0.3, -0.25) is 14.9 Å². The summed E-state index contributed by atoms with van der Waals surface area (Å²) in [5.41, 5.74) is 1.99. The molecule has 3 aromatic carbocycles. The number of rotatable bonds is 5. The number of hydrogen-bond acceptors (Lipinski definition) is 6. The van der Waals surface area contributed by atoms with Crippen molar-refractivity contribution in [2.45, 2.75) is 18.7 Å². The molecule has 0 spiro atoms. The number of carbonyl (C=O) groups is 3. The standard InChI is InChI=1S/C25H18Cl2N2O6S/c1-14-8-9-17(10-15(14)2)29-24(31)19(23(30)28-25(29)32)11-16-12-20(26)22(21(27)13-16)35-36(33,34)18-6-4-3-5-7-18/h3-13H,1-2H3,(H,28,30,32)/b19-11+. The van der Waals surface area contributed by atoms with Crippen molar-refractivity contribution >= 4 is 62.9 Å². The molecule has 0 aromatic heterocycles. The molecule has 8 nitrogen and oxygen atoms in total. The lowest BCUT2D eigenvalue weighted by Gasteiger charge is -2.27. The molecule has 1 fully saturated rings. The van der Waals surface area contributed by atoms with E-state index < -0.39 is 28.0 Å². The molecule has 3 aromatic rings. The van der Waals surface area contributed by atoms with Crippen molar-refractivity contribution in [2.24, 2.45) is 0 Å². The van der Waals surface area contributed by atoms with Crippen LogP contribution in [-0.2, 0) is 19.7 Å². The largest absolute Gasteiger partial charge is 0.376 e. The fourth-order valence-electron chi connectivity index (χ4n) is 3.41. The van der Waals surface area contributed by atoms with Gasteiger partial charge in [0.25, 0.3) is 11.8 Å². The molecule has 1 saturated heterocycles. The van der Waals surface area contributed by atoms with E-state index in [2.05, 4.69) is 5.32 Å². The fraction of sp³-hybridized carbons (Fsp3) is 0.0800. The fourth-order valence-corrected chi connectivity index (χ4v) is 5.07. The number of hydrogen-bond donors (Lipinski definition) is 1. The number of imide groups is 2. The number of nitrogens with one attached hydrogen (secondary N) is 1. The van der Waals surface area contributed by atoms with Crippen LogP contribution in [0, 0.1) is 13.8 Å². The zero-order valence-corrected chi connectivity index (χ0v) is 21.2. The van der Waals surface area contributed by atoms with E-state index in [1.54, 1.807) is 24.3 Å². The lowest BCUT2D eigenvalue weighted by Crippen LogP contribution is -2.54. The van der Waals surface area contributed by atoms with E-state index in [0.717, 1.165) is 16.0 Å². The Balaban J connectivity index is 1.68. The Morgan fingerprint density at radius 2 is 1.53 bits per heavy atom. The highest BCUT2D eigenvalue weighted by Crippen LogP contribution is 2.37. The second-order valence-corrected chi connectivity index (χ2v) is 10.3. The van der Waals surface area contributed by atoms with Gasteiger partial charge in [-0.25, -0.2) is 9.69 Å². The molecule has 0 aliphatic carbocycles. The monoisotopic (exact) mass is 544 g/mol. The number of anilines is 1. The number of benzene rings is 3. The number of amides is 4. The van der Waals surface area contributed by atoms with E-state index in [4.69, 9.17) is 27.4 Å². The normalized spacial score (nSPS) is 15.3. The molecule has 4 amide bonds. The van der Waals surface area contributed by atoms with Crippen LogP contribution >= 0.6 is 23.2 Å². The van der Waals surface area contributed by atoms with Crippen molar-refractivity contribution in [2.75, 3.05) is 4.90 Å². The Morgan fingerprint density at radius 3 is 2.14 bits per heavy atom. The zero-order valence-electron chi connectivity index (χ0n) is 18.9. The second kappa shape index (κ2) is 9.77. The van der Waals surface area contributed by atoms with Crippen LogP contribution in [0.2, 0.25) is 10.0 Å². The maximum atomic E-state index is 13.1. The number of barbiturate groups is 1. The SMILES string of the molecule is Cc1ccc(N2C(=O)NC(=O)/C(=C\c3cc(Cl)c(OS(=O)(=O)c4ccccc4)c(Cl)c3)C2=O)cc1C. The molecular formula is C25H18Cl2N2O6S. The molecule has 1 aliphatic rings. The van der Waals surface area contributed by atoms with Gasteiger partial charge in [0.05, 0.1) is 15.7 Å². The van der Waals surface area contributed by atoms with Crippen molar-refractivity contribution < 1.29 is 27.0 Å². The molecule has 1 heterocycles. The summed E-state index contributed by atoms with van der Waals surface area (Å²) in [7, 11) is -4.21. The minimum atomic E-state index is -4.21. The summed E-state index contributed by atoms with van der Waals surface area (Å²) in [5.74, 6) is -2.05. The third-order valence-corrected chi connectivity index (χ3v) is 7.20. The van der Waals surface area contributed by atoms with Crippen LogP contribution < -0.4 is 14.4 Å². The third-order valence-electron chi connectivity index (χ3n) is 5.41. The van der Waals surface area contributed by atoms with Crippen LogP contribution in [0.1, 0.15) is 16.7 Å². The molecular weight excluding hydrogens is 527 g/mol. The molecule has 36 heavy (non-hydrogen) atoms. The summed E-state index contributed by atoms with van der Waals surface area (Å²) in [6.07, 6.45) is 1.20. The van der Waals surface area contributed by atoms with Gasteiger partial charge in [-0.1, -0.05) is 47.5 Å². The highest BCUT2D eigenvalue weighted by Gasteiger charge is 2.37. The van der Waals surface area contributed by atoms with Crippen molar-refractivity contribution in [3.05, 3.63) is 93.0 Å². The average molecular weight is 545 g/mol. The Bertz CT molecular complexity index is 1530. The molecule has 4 rings (SSSR count). The summed E-state index contributed by atoms with van der Waals surface area (Å²) < 4.78 is 30.2. The highest BCUT2D eigenvalue weighted by molar-refractivity contribution is 7.87. The second-order valence-electron chi connectivity index (χ2n) is 7.89. The minimum absolute atomic E-state index is 0.0936. The van der Waals surface area contributed by atoms with E-state index in [9.17, 15) is 22.8 Å². The summed E-state index contributed by atoms with van der Waals surface area (Å²) >= 11 is 12.5. The van der Waals surface area contributed by atoms with Crippen molar-refractivity contribution in [3.63, 3.8) is 0 Å². The minimum Gasteiger partial charge on any atom is -0.376 e. The predicted molar refractivity (Wildman–Crippen MR) is 136 cm³/mol. The summed E-state index contributed by atoms with van der Waals surface area (Å²) in [5, 5.41) is 1.81. The van der Waals surface area contributed by atoms with Crippen molar-refractivity contribution in [3.8, 4) is 5.75 Å². The van der Waals surface area contributed by atoms with Gasteiger partial charge in [0.1, 0.15) is 10.5 Å². The molecule has 1 N–H and O–H groups in total. The number of nitrogens with zero attached hydrogens (tertiary/aromatic N) is 1. The lowest BCUT2D eigenvalue weighted by atomic mass is 10.0. The van der Waals surface area contributed by atoms with Gasteiger partial charge in [-0.2, -0.15) is 8.42 Å². The van der Waals surface area contributed by atoms with Crippen LogP contribution in [0.3, 0.4) is 0 Å². The van der Waals surface area contributed by atoms with Crippen molar-refractivity contribution in [1.29, 1.82) is 0 Å². The molecule has 0 bridgehead atoms. The molecule has 0 unspecified atom stereocenters. The van der Waals surface area contributed by atoms with Gasteiger partial charge in [-0.05, 0) is 73.0 Å². The first kappa shape index (κ1) is 25.4. The van der Waals surface area contributed by atoms with E-state index in [1.165, 1.54) is 42.5 Å². The molecule has 184 valence electrons. The number of aryl methyl sites for hydroxylation is 2. The van der Waals surface area contributed by atoms with Gasteiger partial charge >= 0.3 is 16.1 Å². The molecule has 11 heteroatoms. The first-order valence-corrected chi connectivity index (χ1v) is 12.6. The van der Waals surface area contributed by atoms with Crippen LogP contribution in [0.15, 0.2) is 71.1 Å². The van der Waals surface area contributed by atoms with Gasteiger partial charge < -0.3 is 4.18 Å². The van der Waals surface area contributed by atoms with Crippen LogP contribution in [0.4, 0.5) is 10.5 Å². The van der Waals surface area contributed by atoms with Crippen LogP contribution in [-0.4, -0.2) is 26.3 Å².